The monoisotopic (exact) mass is 431 g/mol. The fraction of sp³-hybridized carbons (Fsp3) is 0.562. The molecular formula is C16H26IN5O. The van der Waals surface area contributed by atoms with E-state index in [4.69, 9.17) is 0 Å². The number of amides is 1. The third-order valence-electron chi connectivity index (χ3n) is 3.73. The van der Waals surface area contributed by atoms with E-state index in [1.807, 2.05) is 18.2 Å². The lowest BCUT2D eigenvalue weighted by Crippen LogP contribution is -2.46. The second-order valence-electron chi connectivity index (χ2n) is 5.75. The number of halogens is 1. The van der Waals surface area contributed by atoms with Gasteiger partial charge in [0.2, 0.25) is 5.91 Å². The molecule has 1 aliphatic rings. The van der Waals surface area contributed by atoms with Gasteiger partial charge in [-0.25, -0.2) is 4.99 Å². The van der Waals surface area contributed by atoms with Crippen molar-refractivity contribution in [3.05, 3.63) is 30.1 Å². The first-order chi connectivity index (χ1) is 10.6. The molecule has 0 radical (unpaired) electrons. The van der Waals surface area contributed by atoms with Crippen molar-refractivity contribution in [2.24, 2.45) is 4.99 Å². The van der Waals surface area contributed by atoms with Crippen molar-refractivity contribution in [3.8, 4) is 0 Å². The Morgan fingerprint density at radius 3 is 2.70 bits per heavy atom. The fourth-order valence-corrected chi connectivity index (χ4v) is 2.39. The maximum absolute atomic E-state index is 11.7. The molecule has 0 atom stereocenters. The summed E-state index contributed by atoms with van der Waals surface area (Å²) < 4.78 is 0. The highest BCUT2D eigenvalue weighted by atomic mass is 127. The smallest absolute Gasteiger partial charge is 0.241 e. The summed E-state index contributed by atoms with van der Waals surface area (Å²) in [6, 6.07) is 6.23. The summed E-state index contributed by atoms with van der Waals surface area (Å²) in [7, 11) is 3.50. The van der Waals surface area contributed by atoms with Crippen LogP contribution in [0.3, 0.4) is 0 Å². The molecule has 2 rings (SSSR count). The summed E-state index contributed by atoms with van der Waals surface area (Å²) in [4.78, 5) is 22.1. The number of nitrogens with one attached hydrogen (secondary N) is 2. The quantitative estimate of drug-likeness (QED) is 0.424. The maximum atomic E-state index is 11.7. The normalized spacial score (nSPS) is 15.0. The Balaban J connectivity index is 0.00000264. The highest BCUT2D eigenvalue weighted by Crippen LogP contribution is 2.17. The van der Waals surface area contributed by atoms with Gasteiger partial charge in [-0.15, -0.1) is 24.0 Å². The molecule has 1 heterocycles. The van der Waals surface area contributed by atoms with Crippen molar-refractivity contribution in [2.75, 3.05) is 20.6 Å². The van der Waals surface area contributed by atoms with E-state index in [0.717, 1.165) is 18.5 Å². The van der Waals surface area contributed by atoms with Gasteiger partial charge in [-0.2, -0.15) is 0 Å². The summed E-state index contributed by atoms with van der Waals surface area (Å²) in [5.74, 6) is 0.714. The van der Waals surface area contributed by atoms with Crippen LogP contribution in [0.5, 0.6) is 0 Å². The molecule has 1 aliphatic carbocycles. The van der Waals surface area contributed by atoms with Gasteiger partial charge in [0, 0.05) is 26.3 Å². The van der Waals surface area contributed by atoms with Gasteiger partial charge in [0.1, 0.15) is 0 Å². The Morgan fingerprint density at radius 2 is 2.09 bits per heavy atom. The molecule has 1 aromatic rings. The van der Waals surface area contributed by atoms with E-state index in [0.29, 0.717) is 18.5 Å². The van der Waals surface area contributed by atoms with Gasteiger partial charge in [-0.1, -0.05) is 18.9 Å². The Bertz CT molecular complexity index is 500. The number of likely N-dealkylation sites (N-methyl/N-ethyl adjacent to an activating group) is 1. The molecule has 7 heteroatoms. The van der Waals surface area contributed by atoms with Crippen LogP contribution in [0, 0.1) is 0 Å². The lowest BCUT2D eigenvalue weighted by Gasteiger charge is -2.18. The summed E-state index contributed by atoms with van der Waals surface area (Å²) in [5.41, 5.74) is 0.911. The lowest BCUT2D eigenvalue weighted by atomic mass is 10.2. The van der Waals surface area contributed by atoms with Crippen LogP contribution < -0.4 is 10.6 Å². The first-order valence-corrected chi connectivity index (χ1v) is 7.80. The average Bonchev–Trinajstić information content (AvgIpc) is 3.03. The number of hydrogen-bond acceptors (Lipinski definition) is 3. The maximum Gasteiger partial charge on any atom is 0.241 e. The molecule has 0 aromatic carbocycles. The minimum absolute atomic E-state index is 0. The fourth-order valence-electron chi connectivity index (χ4n) is 2.39. The first kappa shape index (κ1) is 19.7. The molecule has 1 fully saturated rings. The molecule has 0 bridgehead atoms. The van der Waals surface area contributed by atoms with Gasteiger partial charge in [0.25, 0.3) is 0 Å². The zero-order valence-corrected chi connectivity index (χ0v) is 16.1. The number of guanidine groups is 1. The Kier molecular flexibility index (Phi) is 8.90. The van der Waals surface area contributed by atoms with Crippen LogP contribution in [-0.4, -0.2) is 48.4 Å². The molecule has 0 aliphatic heterocycles. The van der Waals surface area contributed by atoms with Crippen LogP contribution in [0.2, 0.25) is 0 Å². The molecule has 2 N–H and O–H groups in total. The number of rotatable bonds is 5. The second kappa shape index (κ2) is 10.4. The highest BCUT2D eigenvalue weighted by Gasteiger charge is 2.16. The van der Waals surface area contributed by atoms with Crippen LogP contribution in [0.1, 0.15) is 31.4 Å². The molecule has 128 valence electrons. The van der Waals surface area contributed by atoms with E-state index in [1.165, 1.54) is 12.8 Å². The summed E-state index contributed by atoms with van der Waals surface area (Å²) >= 11 is 0. The lowest BCUT2D eigenvalue weighted by molar-refractivity contribution is -0.127. The molecule has 0 unspecified atom stereocenters. The summed E-state index contributed by atoms with van der Waals surface area (Å²) in [6.07, 6.45) is 6.58. The van der Waals surface area contributed by atoms with Crippen LogP contribution >= 0.6 is 24.0 Å². The molecular weight excluding hydrogens is 405 g/mol. The van der Waals surface area contributed by atoms with Crippen molar-refractivity contribution in [2.45, 2.75) is 38.3 Å². The van der Waals surface area contributed by atoms with Gasteiger partial charge < -0.3 is 15.5 Å². The average molecular weight is 431 g/mol. The predicted molar refractivity (Wildman–Crippen MR) is 103 cm³/mol. The predicted octanol–water partition coefficient (Wildman–Crippen LogP) is 1.77. The van der Waals surface area contributed by atoms with Gasteiger partial charge in [0.05, 0.1) is 18.8 Å². The molecule has 1 saturated carbocycles. The molecule has 1 aromatic heterocycles. The Hall–Kier alpha value is -1.38. The van der Waals surface area contributed by atoms with E-state index in [2.05, 4.69) is 20.6 Å². The number of hydrogen-bond donors (Lipinski definition) is 2. The van der Waals surface area contributed by atoms with Gasteiger partial charge in [-0.3, -0.25) is 9.78 Å². The number of carbonyl (C=O) groups is 1. The SMILES string of the molecule is CN(C)C(=O)CNC(=NCc1ccccn1)NC1CCCC1.I. The summed E-state index contributed by atoms with van der Waals surface area (Å²) in [5, 5.41) is 6.54. The summed E-state index contributed by atoms with van der Waals surface area (Å²) in [6.45, 7) is 0.743. The topological polar surface area (TPSA) is 69.6 Å². The van der Waals surface area contributed by atoms with E-state index in [-0.39, 0.29) is 36.4 Å². The number of aromatic nitrogens is 1. The van der Waals surface area contributed by atoms with E-state index >= 15 is 0 Å². The minimum Gasteiger partial charge on any atom is -0.354 e. The van der Waals surface area contributed by atoms with Crippen LogP contribution in [0.4, 0.5) is 0 Å². The van der Waals surface area contributed by atoms with Crippen LogP contribution in [0.25, 0.3) is 0 Å². The molecule has 1 amide bonds. The highest BCUT2D eigenvalue weighted by molar-refractivity contribution is 14.0. The molecule has 0 spiro atoms. The second-order valence-corrected chi connectivity index (χ2v) is 5.75. The third kappa shape index (κ3) is 7.15. The largest absolute Gasteiger partial charge is 0.354 e. The van der Waals surface area contributed by atoms with Gasteiger partial charge >= 0.3 is 0 Å². The van der Waals surface area contributed by atoms with Crippen molar-refractivity contribution in [3.63, 3.8) is 0 Å². The number of carbonyl (C=O) groups excluding carboxylic acids is 1. The third-order valence-corrected chi connectivity index (χ3v) is 3.73. The Labute approximate surface area is 155 Å². The van der Waals surface area contributed by atoms with E-state index < -0.39 is 0 Å². The molecule has 6 nitrogen and oxygen atoms in total. The van der Waals surface area contributed by atoms with Crippen molar-refractivity contribution < 1.29 is 4.79 Å². The van der Waals surface area contributed by atoms with E-state index in [1.54, 1.807) is 25.2 Å². The van der Waals surface area contributed by atoms with Crippen molar-refractivity contribution in [1.82, 2.24) is 20.5 Å². The number of nitrogens with zero attached hydrogens (tertiary/aromatic N) is 3. The Morgan fingerprint density at radius 1 is 1.35 bits per heavy atom. The van der Waals surface area contributed by atoms with Crippen molar-refractivity contribution >= 4 is 35.8 Å². The number of aliphatic imine (C=N–C) groups is 1. The van der Waals surface area contributed by atoms with Crippen LogP contribution in [-0.2, 0) is 11.3 Å². The molecule has 0 saturated heterocycles. The zero-order chi connectivity index (χ0) is 15.8. The molecule has 23 heavy (non-hydrogen) atoms. The van der Waals surface area contributed by atoms with Gasteiger partial charge in [0.15, 0.2) is 5.96 Å². The zero-order valence-electron chi connectivity index (χ0n) is 13.8. The van der Waals surface area contributed by atoms with E-state index in [9.17, 15) is 4.79 Å². The number of pyridine rings is 1. The van der Waals surface area contributed by atoms with Crippen molar-refractivity contribution in [1.29, 1.82) is 0 Å². The minimum atomic E-state index is 0. The van der Waals surface area contributed by atoms with Gasteiger partial charge in [-0.05, 0) is 25.0 Å². The van der Waals surface area contributed by atoms with Crippen LogP contribution in [0.15, 0.2) is 29.4 Å². The first-order valence-electron chi connectivity index (χ1n) is 7.80. The standard InChI is InChI=1S/C16H25N5O.HI/c1-21(2)15(22)12-19-16(20-13-7-3-4-8-13)18-11-14-9-5-6-10-17-14;/h5-6,9-10,13H,3-4,7-8,11-12H2,1-2H3,(H2,18,19,20);1H.